The van der Waals surface area contributed by atoms with Crippen LogP contribution in [0.25, 0.3) is 0 Å². The van der Waals surface area contributed by atoms with Crippen molar-refractivity contribution in [2.24, 2.45) is 5.10 Å². The summed E-state index contributed by atoms with van der Waals surface area (Å²) in [7, 11) is -3.66. The van der Waals surface area contributed by atoms with Crippen LogP contribution in [0.4, 0.5) is 0 Å². The Balaban J connectivity index is 0.00000242. The molecule has 2 aromatic carbocycles. The van der Waals surface area contributed by atoms with Crippen molar-refractivity contribution in [1.82, 2.24) is 4.83 Å². The number of hydrogen-bond acceptors (Lipinski definition) is 4. The fourth-order valence-electron chi connectivity index (χ4n) is 1.58. The van der Waals surface area contributed by atoms with Gasteiger partial charge < -0.3 is 0 Å². The van der Waals surface area contributed by atoms with Gasteiger partial charge in [-0.3, -0.25) is 0 Å². The number of nitrogens with one attached hydrogen (secondary N) is 1. The van der Waals surface area contributed by atoms with Gasteiger partial charge in [-0.2, -0.15) is 18.8 Å². The number of rotatable bonds is 4. The molecule has 1 radical (unpaired) electrons. The average Bonchev–Trinajstić information content (AvgIpc) is 2.48. The summed E-state index contributed by atoms with van der Waals surface area (Å²) in [5, 5.41) is 12.4. The van der Waals surface area contributed by atoms with Crippen molar-refractivity contribution >= 4 is 45.8 Å². The standard InChI is InChI=1S/C15H13N3O2S.Na/c1-12-2-8-15(9-3-12)21(19,20)18-17-11-14-6-4-13(10-16)5-7-14;/h2-9,11,18H,1H3;. The van der Waals surface area contributed by atoms with Crippen LogP contribution in [-0.4, -0.2) is 44.2 Å². The van der Waals surface area contributed by atoms with E-state index in [1.165, 1.54) is 18.3 Å². The Morgan fingerprint density at radius 1 is 1.09 bits per heavy atom. The van der Waals surface area contributed by atoms with Crippen LogP contribution in [0.1, 0.15) is 16.7 Å². The summed E-state index contributed by atoms with van der Waals surface area (Å²) in [6.07, 6.45) is 1.38. The van der Waals surface area contributed by atoms with E-state index in [0.717, 1.165) is 5.56 Å². The van der Waals surface area contributed by atoms with Gasteiger partial charge in [0.05, 0.1) is 22.7 Å². The van der Waals surface area contributed by atoms with Gasteiger partial charge in [0.15, 0.2) is 0 Å². The quantitative estimate of drug-likeness (QED) is 0.529. The molecule has 0 aromatic heterocycles. The molecule has 0 saturated carbocycles. The Hall–Kier alpha value is -1.65. The van der Waals surface area contributed by atoms with Gasteiger partial charge in [-0.15, -0.1) is 0 Å². The number of nitriles is 1. The third-order valence-electron chi connectivity index (χ3n) is 2.76. The van der Waals surface area contributed by atoms with E-state index in [1.54, 1.807) is 36.4 Å². The first kappa shape index (κ1) is 18.4. The van der Waals surface area contributed by atoms with Crippen molar-refractivity contribution < 1.29 is 8.42 Å². The number of sulfonamides is 1. The largest absolute Gasteiger partial charge is 0.276 e. The molecule has 2 aromatic rings. The van der Waals surface area contributed by atoms with Crippen molar-refractivity contribution in [2.75, 3.05) is 0 Å². The maximum absolute atomic E-state index is 12.0. The number of aryl methyl sites for hydroxylation is 1. The van der Waals surface area contributed by atoms with Crippen LogP contribution in [-0.2, 0) is 10.0 Å². The molecule has 7 heteroatoms. The number of hydrazone groups is 1. The summed E-state index contributed by atoms with van der Waals surface area (Å²) < 4.78 is 23.9. The van der Waals surface area contributed by atoms with Crippen LogP contribution in [0, 0.1) is 18.3 Å². The van der Waals surface area contributed by atoms with Crippen molar-refractivity contribution in [3.63, 3.8) is 0 Å². The molecule has 0 aliphatic rings. The van der Waals surface area contributed by atoms with E-state index in [-0.39, 0.29) is 34.5 Å². The van der Waals surface area contributed by atoms with Gasteiger partial charge >= 0.3 is 0 Å². The molecule has 0 unspecified atom stereocenters. The van der Waals surface area contributed by atoms with Crippen LogP contribution in [0.5, 0.6) is 0 Å². The van der Waals surface area contributed by atoms with Gasteiger partial charge in [-0.1, -0.05) is 29.8 Å². The van der Waals surface area contributed by atoms with Gasteiger partial charge in [0.1, 0.15) is 0 Å². The molecule has 2 rings (SSSR count). The van der Waals surface area contributed by atoms with Crippen molar-refractivity contribution in [1.29, 1.82) is 5.26 Å². The Morgan fingerprint density at radius 3 is 2.23 bits per heavy atom. The molecule has 1 N–H and O–H groups in total. The Morgan fingerprint density at radius 2 is 1.68 bits per heavy atom. The summed E-state index contributed by atoms with van der Waals surface area (Å²) in [4.78, 5) is 2.31. The minimum atomic E-state index is -3.66. The van der Waals surface area contributed by atoms with Gasteiger partial charge in [-0.05, 0) is 36.8 Å². The minimum Gasteiger partial charge on any atom is -0.200 e. The fourth-order valence-corrected chi connectivity index (χ4v) is 2.38. The van der Waals surface area contributed by atoms with Crippen molar-refractivity contribution in [3.8, 4) is 6.07 Å². The van der Waals surface area contributed by atoms with Gasteiger partial charge in [-0.25, -0.2) is 4.83 Å². The fraction of sp³-hybridized carbons (Fsp3) is 0.0667. The minimum absolute atomic E-state index is 0. The van der Waals surface area contributed by atoms with Crippen LogP contribution in [0.15, 0.2) is 58.5 Å². The van der Waals surface area contributed by atoms with E-state index >= 15 is 0 Å². The second-order valence-corrected chi connectivity index (χ2v) is 6.06. The zero-order chi connectivity index (χ0) is 15.3. The summed E-state index contributed by atoms with van der Waals surface area (Å²) in [5.74, 6) is 0. The molecule has 22 heavy (non-hydrogen) atoms. The van der Waals surface area contributed by atoms with Crippen LogP contribution in [0.3, 0.4) is 0 Å². The Labute approximate surface area is 152 Å². The normalized spacial score (nSPS) is 10.7. The second-order valence-electron chi connectivity index (χ2n) is 4.40. The first-order chi connectivity index (χ1) is 10.0. The number of nitrogens with zero attached hydrogens (tertiary/aromatic N) is 2. The van der Waals surface area contributed by atoms with Crippen LogP contribution >= 0.6 is 0 Å². The topological polar surface area (TPSA) is 82.3 Å². The van der Waals surface area contributed by atoms with Crippen molar-refractivity contribution in [2.45, 2.75) is 11.8 Å². The van der Waals surface area contributed by atoms with E-state index in [2.05, 4.69) is 9.93 Å². The van der Waals surface area contributed by atoms with Crippen LogP contribution < -0.4 is 4.83 Å². The third kappa shape index (κ3) is 4.97. The predicted octanol–water partition coefficient (Wildman–Crippen LogP) is 1.80. The smallest absolute Gasteiger partial charge is 0.200 e. The third-order valence-corrected chi connectivity index (χ3v) is 4.00. The number of hydrogen-bond donors (Lipinski definition) is 1. The maximum atomic E-state index is 12.0. The monoisotopic (exact) mass is 322 g/mol. The SMILES string of the molecule is Cc1ccc(S(=O)(=O)NN=Cc2ccc(C#N)cc2)cc1.[Na]. The predicted molar refractivity (Wildman–Crippen MR) is 86.0 cm³/mol. The summed E-state index contributed by atoms with van der Waals surface area (Å²) in [6, 6.07) is 15.1. The molecule has 5 nitrogen and oxygen atoms in total. The first-order valence-corrected chi connectivity index (χ1v) is 7.61. The van der Waals surface area contributed by atoms with E-state index in [4.69, 9.17) is 5.26 Å². The summed E-state index contributed by atoms with van der Waals surface area (Å²) >= 11 is 0. The maximum Gasteiger partial charge on any atom is 0.276 e. The van der Waals surface area contributed by atoms with Crippen LogP contribution in [0.2, 0.25) is 0 Å². The van der Waals surface area contributed by atoms with Gasteiger partial charge in [0, 0.05) is 29.6 Å². The molecule has 0 aliphatic heterocycles. The molecule has 107 valence electrons. The van der Waals surface area contributed by atoms with Gasteiger partial charge in [0.2, 0.25) is 0 Å². The first-order valence-electron chi connectivity index (χ1n) is 6.13. The molecule has 0 heterocycles. The van der Waals surface area contributed by atoms with E-state index in [0.29, 0.717) is 11.1 Å². The number of benzene rings is 2. The molecule has 0 amide bonds. The van der Waals surface area contributed by atoms with E-state index in [9.17, 15) is 8.42 Å². The molecule has 0 fully saturated rings. The van der Waals surface area contributed by atoms with Crippen molar-refractivity contribution in [3.05, 3.63) is 65.2 Å². The van der Waals surface area contributed by atoms with Gasteiger partial charge in [0.25, 0.3) is 10.0 Å². The molecule has 0 aliphatic carbocycles. The van der Waals surface area contributed by atoms with E-state index in [1.807, 2.05) is 13.0 Å². The summed E-state index contributed by atoms with van der Waals surface area (Å²) in [5.41, 5.74) is 2.21. The Bertz CT molecular complexity index is 792. The second kappa shape index (κ2) is 8.11. The zero-order valence-electron chi connectivity index (χ0n) is 12.3. The summed E-state index contributed by atoms with van der Waals surface area (Å²) in [6.45, 7) is 1.88. The zero-order valence-corrected chi connectivity index (χ0v) is 15.1. The average molecular weight is 322 g/mol. The molecule has 0 atom stereocenters. The molecule has 0 saturated heterocycles. The molecule has 0 bridgehead atoms. The van der Waals surface area contributed by atoms with E-state index < -0.39 is 10.0 Å². The Kier molecular flexibility index (Phi) is 6.78. The molecule has 0 spiro atoms. The molecular formula is C15H13N3NaO2S. The molecular weight excluding hydrogens is 309 g/mol.